The Kier molecular flexibility index (Phi) is 11.3. The van der Waals surface area contributed by atoms with Crippen LogP contribution in [-0.2, 0) is 14.3 Å². The zero-order valence-electron chi connectivity index (χ0n) is 23.7. The molecule has 3 amide bonds. The Hall–Kier alpha value is -2.77. The summed E-state index contributed by atoms with van der Waals surface area (Å²) in [5, 5.41) is 16.1. The number of phenols is 1. The summed E-state index contributed by atoms with van der Waals surface area (Å²) >= 11 is 0. The summed E-state index contributed by atoms with van der Waals surface area (Å²) < 4.78 is 5.42. The standard InChI is InChI=1S/C29H47N3O5/c1-8-9-17-32(27(35)24(19(2)3)31-28(36)37-29(5,6)7)25(21-15-16-23(33)20(4)18-21)26(34)30-22-13-11-10-12-14-22/h15-16,18-19,22,24-25,33H,8-14,17H2,1-7H3,(H,30,34)(H,31,36). The Bertz CT molecular complexity index is 919. The topological polar surface area (TPSA) is 108 Å². The monoisotopic (exact) mass is 517 g/mol. The molecule has 1 aromatic carbocycles. The SMILES string of the molecule is CCCCN(C(=O)C(NC(=O)OC(C)(C)C)C(C)C)C(C(=O)NC1CCCCC1)c1ccc(O)c(C)c1. The summed E-state index contributed by atoms with van der Waals surface area (Å²) in [5.74, 6) is -0.661. The van der Waals surface area contributed by atoms with Crippen molar-refractivity contribution in [3.05, 3.63) is 29.3 Å². The van der Waals surface area contributed by atoms with Crippen molar-refractivity contribution in [2.45, 2.75) is 117 Å². The summed E-state index contributed by atoms with van der Waals surface area (Å²) in [4.78, 5) is 42.1. The van der Waals surface area contributed by atoms with Crippen molar-refractivity contribution in [2.75, 3.05) is 6.54 Å². The molecule has 1 saturated carbocycles. The minimum atomic E-state index is -0.887. The van der Waals surface area contributed by atoms with Gasteiger partial charge >= 0.3 is 6.09 Å². The van der Waals surface area contributed by atoms with E-state index < -0.39 is 23.8 Å². The predicted octanol–water partition coefficient (Wildman–Crippen LogP) is 5.37. The van der Waals surface area contributed by atoms with Crippen LogP contribution in [0.1, 0.15) is 104 Å². The molecule has 0 saturated heterocycles. The van der Waals surface area contributed by atoms with Gasteiger partial charge in [0.15, 0.2) is 0 Å². The molecule has 1 aliphatic rings. The van der Waals surface area contributed by atoms with Crippen molar-refractivity contribution >= 4 is 17.9 Å². The van der Waals surface area contributed by atoms with Crippen molar-refractivity contribution in [1.82, 2.24) is 15.5 Å². The number of unbranched alkanes of at least 4 members (excludes halogenated alkanes) is 1. The van der Waals surface area contributed by atoms with E-state index in [1.807, 2.05) is 20.8 Å². The van der Waals surface area contributed by atoms with E-state index in [4.69, 9.17) is 4.74 Å². The van der Waals surface area contributed by atoms with Crippen LogP contribution in [-0.4, -0.2) is 52.1 Å². The van der Waals surface area contributed by atoms with E-state index >= 15 is 0 Å². The fourth-order valence-electron chi connectivity index (χ4n) is 4.67. The number of carbonyl (C=O) groups is 3. The summed E-state index contributed by atoms with van der Waals surface area (Å²) in [5.41, 5.74) is 0.554. The number of phenolic OH excluding ortho intramolecular Hbond substituents is 1. The Labute approximate surface area is 222 Å². The van der Waals surface area contributed by atoms with E-state index in [0.29, 0.717) is 24.1 Å². The number of alkyl carbamates (subject to hydrolysis) is 1. The number of rotatable bonds is 10. The fraction of sp³-hybridized carbons (Fsp3) is 0.690. The molecule has 2 unspecified atom stereocenters. The number of aromatic hydroxyl groups is 1. The van der Waals surface area contributed by atoms with Gasteiger partial charge in [0.2, 0.25) is 11.8 Å². The molecular weight excluding hydrogens is 470 g/mol. The smallest absolute Gasteiger partial charge is 0.408 e. The van der Waals surface area contributed by atoms with Crippen molar-refractivity contribution in [3.63, 3.8) is 0 Å². The molecule has 8 heteroatoms. The number of carbonyl (C=O) groups excluding carboxylic acids is 3. The number of benzene rings is 1. The van der Waals surface area contributed by atoms with E-state index in [1.54, 1.807) is 50.8 Å². The van der Waals surface area contributed by atoms with Crippen LogP contribution in [0.15, 0.2) is 18.2 Å². The van der Waals surface area contributed by atoms with Gasteiger partial charge in [-0.25, -0.2) is 4.79 Å². The van der Waals surface area contributed by atoms with Crippen LogP contribution >= 0.6 is 0 Å². The molecule has 0 bridgehead atoms. The molecule has 0 aromatic heterocycles. The third kappa shape index (κ3) is 9.24. The number of nitrogens with zero attached hydrogens (tertiary/aromatic N) is 1. The van der Waals surface area contributed by atoms with Gasteiger partial charge in [-0.15, -0.1) is 0 Å². The van der Waals surface area contributed by atoms with Gasteiger partial charge in [0, 0.05) is 12.6 Å². The van der Waals surface area contributed by atoms with Crippen molar-refractivity contribution in [3.8, 4) is 5.75 Å². The lowest BCUT2D eigenvalue weighted by Gasteiger charge is -2.36. The minimum Gasteiger partial charge on any atom is -0.508 e. The van der Waals surface area contributed by atoms with Crippen molar-refractivity contribution in [1.29, 1.82) is 0 Å². The molecule has 1 aromatic rings. The Morgan fingerprint density at radius 3 is 2.32 bits per heavy atom. The first-order valence-electron chi connectivity index (χ1n) is 13.7. The lowest BCUT2D eigenvalue weighted by molar-refractivity contribution is -0.143. The van der Waals surface area contributed by atoms with E-state index in [2.05, 4.69) is 10.6 Å². The summed E-state index contributed by atoms with van der Waals surface area (Å²) in [6.07, 6.45) is 6.02. The highest BCUT2D eigenvalue weighted by Gasteiger charge is 2.38. The first-order valence-corrected chi connectivity index (χ1v) is 13.7. The van der Waals surface area contributed by atoms with Crippen LogP contribution < -0.4 is 10.6 Å². The molecule has 2 atom stereocenters. The van der Waals surface area contributed by atoms with Gasteiger partial charge in [-0.2, -0.15) is 0 Å². The van der Waals surface area contributed by atoms with Gasteiger partial charge in [0.1, 0.15) is 23.4 Å². The third-order valence-corrected chi connectivity index (χ3v) is 6.69. The largest absolute Gasteiger partial charge is 0.508 e. The number of hydrogen-bond acceptors (Lipinski definition) is 5. The lowest BCUT2D eigenvalue weighted by atomic mass is 9.94. The Balaban J connectivity index is 2.47. The maximum atomic E-state index is 14.1. The van der Waals surface area contributed by atoms with Crippen LogP contribution in [0.25, 0.3) is 0 Å². The van der Waals surface area contributed by atoms with E-state index in [1.165, 1.54) is 6.42 Å². The van der Waals surface area contributed by atoms with Gasteiger partial charge < -0.3 is 25.4 Å². The molecular formula is C29H47N3O5. The van der Waals surface area contributed by atoms with Crippen LogP contribution in [0, 0.1) is 12.8 Å². The maximum Gasteiger partial charge on any atom is 0.408 e. The second-order valence-corrected chi connectivity index (χ2v) is 11.5. The Morgan fingerprint density at radius 1 is 1.14 bits per heavy atom. The zero-order valence-corrected chi connectivity index (χ0v) is 23.7. The third-order valence-electron chi connectivity index (χ3n) is 6.69. The second kappa shape index (κ2) is 13.7. The molecule has 0 radical (unpaired) electrons. The molecule has 37 heavy (non-hydrogen) atoms. The van der Waals surface area contributed by atoms with Crippen LogP contribution in [0.3, 0.4) is 0 Å². The Morgan fingerprint density at radius 2 is 1.78 bits per heavy atom. The van der Waals surface area contributed by atoms with Crippen LogP contribution in [0.2, 0.25) is 0 Å². The number of nitrogens with one attached hydrogen (secondary N) is 2. The molecule has 0 spiro atoms. The molecule has 8 nitrogen and oxygen atoms in total. The zero-order chi connectivity index (χ0) is 27.8. The first kappa shape index (κ1) is 30.5. The van der Waals surface area contributed by atoms with Crippen LogP contribution in [0.4, 0.5) is 4.79 Å². The number of hydrogen-bond donors (Lipinski definition) is 3. The van der Waals surface area contributed by atoms with Gasteiger partial charge in [-0.1, -0.05) is 52.5 Å². The summed E-state index contributed by atoms with van der Waals surface area (Å²) in [6, 6.07) is 3.35. The van der Waals surface area contributed by atoms with Gasteiger partial charge in [0.05, 0.1) is 0 Å². The highest BCUT2D eigenvalue weighted by molar-refractivity contribution is 5.92. The average molecular weight is 518 g/mol. The highest BCUT2D eigenvalue weighted by Crippen LogP contribution is 2.29. The van der Waals surface area contributed by atoms with E-state index in [-0.39, 0.29) is 29.5 Å². The molecule has 0 heterocycles. The number of aryl methyl sites for hydroxylation is 1. The molecule has 2 rings (SSSR count). The molecule has 1 fully saturated rings. The summed E-state index contributed by atoms with van der Waals surface area (Å²) in [6.45, 7) is 13.2. The first-order chi connectivity index (χ1) is 17.3. The number of amides is 3. The summed E-state index contributed by atoms with van der Waals surface area (Å²) in [7, 11) is 0. The van der Waals surface area contributed by atoms with Gasteiger partial charge in [-0.05, 0) is 76.1 Å². The predicted molar refractivity (Wildman–Crippen MR) is 145 cm³/mol. The lowest BCUT2D eigenvalue weighted by Crippen LogP contribution is -2.55. The van der Waals surface area contributed by atoms with Crippen molar-refractivity contribution < 1.29 is 24.2 Å². The van der Waals surface area contributed by atoms with Gasteiger partial charge in [-0.3, -0.25) is 9.59 Å². The highest BCUT2D eigenvalue weighted by atomic mass is 16.6. The molecule has 0 aliphatic heterocycles. The number of ether oxygens (including phenoxy) is 1. The second-order valence-electron chi connectivity index (χ2n) is 11.5. The van der Waals surface area contributed by atoms with E-state index in [9.17, 15) is 19.5 Å². The molecule has 3 N–H and O–H groups in total. The molecule has 208 valence electrons. The average Bonchev–Trinajstić information content (AvgIpc) is 2.81. The quantitative estimate of drug-likeness (QED) is 0.387. The van der Waals surface area contributed by atoms with Crippen molar-refractivity contribution in [2.24, 2.45) is 5.92 Å². The normalized spacial score (nSPS) is 16.1. The fourth-order valence-corrected chi connectivity index (χ4v) is 4.67. The van der Waals surface area contributed by atoms with Crippen LogP contribution in [0.5, 0.6) is 5.75 Å². The van der Waals surface area contributed by atoms with Gasteiger partial charge in [0.25, 0.3) is 0 Å². The minimum absolute atomic E-state index is 0.0749. The molecule has 1 aliphatic carbocycles. The maximum absolute atomic E-state index is 14.1. The van der Waals surface area contributed by atoms with E-state index in [0.717, 1.165) is 32.1 Å².